The highest BCUT2D eigenvalue weighted by atomic mass is 32.1. The van der Waals surface area contributed by atoms with E-state index >= 15 is 0 Å². The minimum Gasteiger partial charge on any atom is -0.370 e. The second-order valence-electron chi connectivity index (χ2n) is 15.5. The third-order valence-electron chi connectivity index (χ3n) is 11.2. The summed E-state index contributed by atoms with van der Waals surface area (Å²) >= 11 is 3.31. The van der Waals surface area contributed by atoms with Gasteiger partial charge < -0.3 is 26.6 Å². The minimum absolute atomic E-state index is 0.0463. The van der Waals surface area contributed by atoms with Crippen LogP contribution < -0.4 is 26.6 Å². The highest BCUT2D eigenvalue weighted by Gasteiger charge is 2.27. The van der Waals surface area contributed by atoms with Crippen LogP contribution in [0.25, 0.3) is 11.3 Å². The van der Waals surface area contributed by atoms with Crippen molar-refractivity contribution in [2.45, 2.75) is 84.3 Å². The van der Waals surface area contributed by atoms with Gasteiger partial charge in [-0.3, -0.25) is 4.90 Å². The standard InChI is InChI=1S/C39H54N14S2/c1-24(2)30-22-45-52-34(47-25(3)38-41-12-16-54-38)18-32(49-36(30)52)44-21-29-8-14-51(15-9-29)27(5)31-23-46-53-35(48-26(4)39-42-13-17-55-39)19-33(50-37(31)53)43-20-28-6-10-40-11-7-28/h12-13,16-19,22-29,40,47-48H,6-11,14-15,20-21H2,1-5H3,(H,43,50)(H,44,49)/t25-,26?,27?/m1/s1. The number of fused-ring (bicyclic) bond motifs is 2. The summed E-state index contributed by atoms with van der Waals surface area (Å²) in [5, 5.41) is 33.9. The lowest BCUT2D eigenvalue weighted by Gasteiger charge is -2.36. The van der Waals surface area contributed by atoms with E-state index < -0.39 is 0 Å². The largest absolute Gasteiger partial charge is 0.370 e. The molecule has 0 bridgehead atoms. The van der Waals surface area contributed by atoms with Crippen molar-refractivity contribution in [2.24, 2.45) is 11.8 Å². The fourth-order valence-electron chi connectivity index (χ4n) is 7.84. The van der Waals surface area contributed by atoms with Gasteiger partial charge in [0, 0.05) is 65.5 Å². The Kier molecular flexibility index (Phi) is 11.4. The van der Waals surface area contributed by atoms with Crippen LogP contribution >= 0.6 is 22.7 Å². The Morgan fingerprint density at radius 3 is 1.73 bits per heavy atom. The molecule has 5 N–H and O–H groups in total. The Labute approximate surface area is 331 Å². The summed E-state index contributed by atoms with van der Waals surface area (Å²) in [4.78, 5) is 21.9. The quantitative estimate of drug-likeness (QED) is 0.0705. The van der Waals surface area contributed by atoms with Gasteiger partial charge in [0.05, 0.1) is 24.5 Å². The number of nitrogens with zero attached hydrogens (tertiary/aromatic N) is 9. The smallest absolute Gasteiger partial charge is 0.164 e. The first-order valence-corrected chi connectivity index (χ1v) is 21.6. The van der Waals surface area contributed by atoms with Gasteiger partial charge in [-0.05, 0) is 90.4 Å². The van der Waals surface area contributed by atoms with Crippen LogP contribution in [0.4, 0.5) is 23.3 Å². The number of nitrogens with one attached hydrogen (secondary N) is 5. The first-order valence-electron chi connectivity index (χ1n) is 19.8. The number of anilines is 4. The molecule has 0 aromatic carbocycles. The third kappa shape index (κ3) is 8.42. The van der Waals surface area contributed by atoms with Crippen molar-refractivity contribution in [2.75, 3.05) is 60.5 Å². The van der Waals surface area contributed by atoms with E-state index in [1.54, 1.807) is 22.7 Å². The van der Waals surface area contributed by atoms with Crippen LogP contribution in [0, 0.1) is 11.8 Å². The molecular formula is C39H54N14S2. The number of hydrogen-bond donors (Lipinski definition) is 5. The maximum Gasteiger partial charge on any atom is 0.164 e. The lowest BCUT2D eigenvalue weighted by atomic mass is 9.95. The second kappa shape index (κ2) is 16.8. The molecule has 2 unspecified atom stereocenters. The normalized spacial score (nSPS) is 17.9. The van der Waals surface area contributed by atoms with E-state index in [0.717, 1.165) is 108 Å². The maximum absolute atomic E-state index is 5.18. The average molecular weight is 783 g/mol. The van der Waals surface area contributed by atoms with Crippen molar-refractivity contribution in [3.05, 3.63) is 68.8 Å². The van der Waals surface area contributed by atoms with E-state index in [0.29, 0.717) is 17.8 Å². The Bertz CT molecular complexity index is 2130. The van der Waals surface area contributed by atoms with Crippen LogP contribution in [0.3, 0.4) is 0 Å². The molecule has 0 aliphatic carbocycles. The lowest BCUT2D eigenvalue weighted by Crippen LogP contribution is -2.37. The highest BCUT2D eigenvalue weighted by Crippen LogP contribution is 2.33. The molecule has 14 nitrogen and oxygen atoms in total. The van der Waals surface area contributed by atoms with E-state index in [4.69, 9.17) is 20.2 Å². The monoisotopic (exact) mass is 782 g/mol. The highest BCUT2D eigenvalue weighted by molar-refractivity contribution is 7.09. The summed E-state index contributed by atoms with van der Waals surface area (Å²) in [6.07, 6.45) is 12.2. The van der Waals surface area contributed by atoms with Crippen molar-refractivity contribution in [3.63, 3.8) is 0 Å². The molecule has 2 saturated heterocycles. The number of thiazole rings is 2. The maximum atomic E-state index is 5.18. The Morgan fingerprint density at radius 2 is 1.22 bits per heavy atom. The van der Waals surface area contributed by atoms with Crippen LogP contribution in [0.15, 0.2) is 47.7 Å². The van der Waals surface area contributed by atoms with Crippen LogP contribution in [0.5, 0.6) is 0 Å². The molecule has 0 amide bonds. The van der Waals surface area contributed by atoms with Crippen LogP contribution in [0.1, 0.15) is 105 Å². The number of piperidine rings is 2. The van der Waals surface area contributed by atoms with E-state index in [9.17, 15) is 0 Å². The number of likely N-dealkylation sites (tertiary alicyclic amines) is 1. The number of hydrogen-bond acceptors (Lipinski definition) is 14. The van der Waals surface area contributed by atoms with Gasteiger partial charge >= 0.3 is 0 Å². The van der Waals surface area contributed by atoms with E-state index in [1.807, 2.05) is 44.6 Å². The molecule has 3 atom stereocenters. The fraction of sp³-hybridized carbons (Fsp3) is 0.538. The average Bonchev–Trinajstić information content (AvgIpc) is 4.04. The van der Waals surface area contributed by atoms with E-state index in [1.165, 1.54) is 12.8 Å². The summed E-state index contributed by atoms with van der Waals surface area (Å²) in [5.41, 5.74) is 4.08. The molecule has 2 aliphatic rings. The molecule has 6 aromatic heterocycles. The fourth-order valence-corrected chi connectivity index (χ4v) is 9.13. The van der Waals surface area contributed by atoms with Gasteiger partial charge in [0.25, 0.3) is 0 Å². The summed E-state index contributed by atoms with van der Waals surface area (Å²) < 4.78 is 3.89. The predicted octanol–water partition coefficient (Wildman–Crippen LogP) is 7.45. The molecule has 16 heteroatoms. The zero-order valence-corrected chi connectivity index (χ0v) is 34.1. The molecule has 8 heterocycles. The minimum atomic E-state index is 0.0463. The topological polar surface area (TPSA) is 150 Å². The SMILES string of the molecule is CC(C)c1cnn2c(N[C@H](C)c3nccs3)cc(NCC3CCN(C(C)c4cnn5c(NC(C)c6nccs6)cc(NCC6CCNCC6)nc45)CC3)nc12. The molecule has 0 radical (unpaired) electrons. The van der Waals surface area contributed by atoms with Crippen molar-refractivity contribution in [1.29, 1.82) is 0 Å². The Hall–Kier alpha value is -4.38. The summed E-state index contributed by atoms with van der Waals surface area (Å²) in [6, 6.07) is 4.46. The number of aromatic nitrogens is 8. The van der Waals surface area contributed by atoms with Gasteiger partial charge in [-0.15, -0.1) is 22.7 Å². The van der Waals surface area contributed by atoms with Gasteiger partial charge in [-0.1, -0.05) is 13.8 Å². The number of rotatable bonds is 15. The molecule has 6 aromatic rings. The van der Waals surface area contributed by atoms with Gasteiger partial charge in [0.15, 0.2) is 11.3 Å². The molecule has 0 saturated carbocycles. The van der Waals surface area contributed by atoms with E-state index in [2.05, 4.69) is 88.2 Å². The molecule has 0 spiro atoms. The Balaban J connectivity index is 0.947. The first-order chi connectivity index (χ1) is 26.8. The molecule has 8 rings (SSSR count). The zero-order chi connectivity index (χ0) is 37.9. The molecule has 2 fully saturated rings. The first kappa shape index (κ1) is 37.5. The summed E-state index contributed by atoms with van der Waals surface area (Å²) in [6.45, 7) is 16.9. The molecular weight excluding hydrogens is 729 g/mol. The van der Waals surface area contributed by atoms with Crippen LogP contribution in [-0.2, 0) is 0 Å². The predicted molar refractivity (Wildman–Crippen MR) is 224 cm³/mol. The summed E-state index contributed by atoms with van der Waals surface area (Å²) in [7, 11) is 0. The van der Waals surface area contributed by atoms with Crippen molar-refractivity contribution >= 4 is 57.2 Å². The lowest BCUT2D eigenvalue weighted by molar-refractivity contribution is 0.145. The molecule has 55 heavy (non-hydrogen) atoms. The van der Waals surface area contributed by atoms with Crippen LogP contribution in [-0.4, -0.2) is 83.3 Å². The van der Waals surface area contributed by atoms with Crippen molar-refractivity contribution in [3.8, 4) is 0 Å². The third-order valence-corrected chi connectivity index (χ3v) is 13.2. The van der Waals surface area contributed by atoms with Gasteiger partial charge in [0.1, 0.15) is 33.3 Å². The molecule has 2 aliphatic heterocycles. The van der Waals surface area contributed by atoms with Crippen molar-refractivity contribution in [1.82, 2.24) is 49.4 Å². The molecule has 292 valence electrons. The van der Waals surface area contributed by atoms with Crippen molar-refractivity contribution < 1.29 is 0 Å². The van der Waals surface area contributed by atoms with Crippen LogP contribution in [0.2, 0.25) is 0 Å². The Morgan fingerprint density at radius 1 is 0.709 bits per heavy atom. The second-order valence-corrected chi connectivity index (χ2v) is 17.3. The summed E-state index contributed by atoms with van der Waals surface area (Å²) in [5.74, 6) is 5.08. The van der Waals surface area contributed by atoms with Gasteiger partial charge in [-0.2, -0.15) is 19.2 Å². The van der Waals surface area contributed by atoms with Gasteiger partial charge in [-0.25, -0.2) is 19.9 Å². The zero-order valence-electron chi connectivity index (χ0n) is 32.5. The van der Waals surface area contributed by atoms with Gasteiger partial charge in [0.2, 0.25) is 0 Å². The van der Waals surface area contributed by atoms with E-state index in [-0.39, 0.29) is 18.1 Å².